The molecule has 102 valence electrons. The summed E-state index contributed by atoms with van der Waals surface area (Å²) < 4.78 is 23.5. The first-order valence-electron chi connectivity index (χ1n) is 6.56. The van der Waals surface area contributed by atoms with Crippen LogP contribution in [0, 0.1) is 5.82 Å². The van der Waals surface area contributed by atoms with Gasteiger partial charge in [-0.2, -0.15) is 0 Å². The fourth-order valence-electron chi connectivity index (χ4n) is 2.14. The molecule has 0 N–H and O–H groups in total. The Bertz CT molecular complexity index is 632. The molecule has 3 rings (SSSR count). The Hall–Kier alpha value is -2.29. The third kappa shape index (κ3) is 2.67. The zero-order chi connectivity index (χ0) is 13.9. The van der Waals surface area contributed by atoms with E-state index in [9.17, 15) is 4.39 Å². The molecule has 0 aliphatic carbocycles. The monoisotopic (exact) mass is 270 g/mol. The van der Waals surface area contributed by atoms with Crippen molar-refractivity contribution in [3.63, 3.8) is 0 Å². The van der Waals surface area contributed by atoms with E-state index in [0.29, 0.717) is 6.79 Å². The van der Waals surface area contributed by atoms with Gasteiger partial charge in [-0.15, -0.1) is 0 Å². The van der Waals surface area contributed by atoms with E-state index in [-0.39, 0.29) is 11.7 Å². The maximum absolute atomic E-state index is 12.8. The summed E-state index contributed by atoms with van der Waals surface area (Å²) in [7, 11) is 0. The summed E-state index contributed by atoms with van der Waals surface area (Å²) in [6.07, 6.45) is 4.08. The zero-order valence-corrected chi connectivity index (χ0v) is 11.2. The lowest BCUT2D eigenvalue weighted by atomic mass is 9.99. The summed E-state index contributed by atoms with van der Waals surface area (Å²) in [5.41, 5.74) is 2.15. The second kappa shape index (κ2) is 5.37. The lowest BCUT2D eigenvalue weighted by Gasteiger charge is -2.07. The van der Waals surface area contributed by atoms with E-state index in [2.05, 4.69) is 13.0 Å². The van der Waals surface area contributed by atoms with E-state index in [1.807, 2.05) is 24.3 Å². The molecule has 20 heavy (non-hydrogen) atoms. The SMILES string of the molecule is CC(/C=C/c1ccc(F)cc1)c1ccc2c(c1)OCO2. The first-order chi connectivity index (χ1) is 9.72. The molecule has 0 aromatic heterocycles. The van der Waals surface area contributed by atoms with E-state index in [1.165, 1.54) is 12.1 Å². The molecule has 2 aromatic rings. The second-order valence-electron chi connectivity index (χ2n) is 4.81. The van der Waals surface area contributed by atoms with Crippen LogP contribution >= 0.6 is 0 Å². The van der Waals surface area contributed by atoms with Crippen molar-refractivity contribution in [3.8, 4) is 11.5 Å². The van der Waals surface area contributed by atoms with Crippen molar-refractivity contribution in [1.29, 1.82) is 0 Å². The van der Waals surface area contributed by atoms with Crippen molar-refractivity contribution in [2.24, 2.45) is 0 Å². The molecule has 0 radical (unpaired) electrons. The third-order valence-corrected chi connectivity index (χ3v) is 3.37. The molecule has 0 bridgehead atoms. The zero-order valence-electron chi connectivity index (χ0n) is 11.2. The van der Waals surface area contributed by atoms with Crippen LogP contribution in [0.4, 0.5) is 4.39 Å². The van der Waals surface area contributed by atoms with Crippen LogP contribution < -0.4 is 9.47 Å². The molecular weight excluding hydrogens is 255 g/mol. The number of rotatable bonds is 3. The van der Waals surface area contributed by atoms with Crippen LogP contribution in [0.1, 0.15) is 24.0 Å². The number of hydrogen-bond acceptors (Lipinski definition) is 2. The topological polar surface area (TPSA) is 18.5 Å². The molecule has 0 fully saturated rings. The van der Waals surface area contributed by atoms with Crippen molar-refractivity contribution >= 4 is 6.08 Å². The quantitative estimate of drug-likeness (QED) is 0.824. The number of hydrogen-bond donors (Lipinski definition) is 0. The molecule has 1 unspecified atom stereocenters. The van der Waals surface area contributed by atoms with Crippen molar-refractivity contribution < 1.29 is 13.9 Å². The van der Waals surface area contributed by atoms with Gasteiger partial charge in [-0.3, -0.25) is 0 Å². The summed E-state index contributed by atoms with van der Waals surface area (Å²) in [6, 6.07) is 12.4. The highest BCUT2D eigenvalue weighted by molar-refractivity contribution is 5.52. The number of halogens is 1. The molecule has 0 spiro atoms. The van der Waals surface area contributed by atoms with Gasteiger partial charge in [0.25, 0.3) is 0 Å². The molecule has 0 saturated carbocycles. The van der Waals surface area contributed by atoms with Crippen LogP contribution in [0.15, 0.2) is 48.5 Å². The molecule has 3 heteroatoms. The molecule has 1 aliphatic heterocycles. The van der Waals surface area contributed by atoms with Gasteiger partial charge < -0.3 is 9.47 Å². The fraction of sp³-hybridized carbons (Fsp3) is 0.176. The van der Waals surface area contributed by atoms with Crippen molar-refractivity contribution in [2.45, 2.75) is 12.8 Å². The Morgan fingerprint density at radius 1 is 1.05 bits per heavy atom. The highest BCUT2D eigenvalue weighted by Gasteiger charge is 2.14. The summed E-state index contributed by atoms with van der Waals surface area (Å²) in [5, 5.41) is 0. The van der Waals surface area contributed by atoms with Crippen molar-refractivity contribution in [1.82, 2.24) is 0 Å². The molecule has 1 heterocycles. The smallest absolute Gasteiger partial charge is 0.231 e. The maximum atomic E-state index is 12.8. The second-order valence-corrected chi connectivity index (χ2v) is 4.81. The van der Waals surface area contributed by atoms with Gasteiger partial charge in [0.1, 0.15) is 5.82 Å². The summed E-state index contributed by atoms with van der Waals surface area (Å²) in [5.74, 6) is 1.62. The minimum atomic E-state index is -0.217. The van der Waals surface area contributed by atoms with Gasteiger partial charge in [0, 0.05) is 0 Å². The summed E-state index contributed by atoms with van der Waals surface area (Å²) in [6.45, 7) is 2.40. The normalized spacial score (nSPS) is 14.7. The minimum absolute atomic E-state index is 0.217. The number of benzene rings is 2. The minimum Gasteiger partial charge on any atom is -0.454 e. The Morgan fingerprint density at radius 3 is 2.60 bits per heavy atom. The first kappa shape index (κ1) is 12.7. The lowest BCUT2D eigenvalue weighted by molar-refractivity contribution is 0.174. The van der Waals surface area contributed by atoms with Crippen LogP contribution in [0.5, 0.6) is 11.5 Å². The van der Waals surface area contributed by atoms with Gasteiger partial charge in [0.05, 0.1) is 0 Å². The fourth-order valence-corrected chi connectivity index (χ4v) is 2.14. The third-order valence-electron chi connectivity index (χ3n) is 3.37. The van der Waals surface area contributed by atoms with Crippen LogP contribution in [0.25, 0.3) is 6.08 Å². The van der Waals surface area contributed by atoms with E-state index >= 15 is 0 Å². The molecule has 2 aromatic carbocycles. The summed E-state index contributed by atoms with van der Waals surface area (Å²) >= 11 is 0. The molecule has 0 amide bonds. The highest BCUT2D eigenvalue weighted by Crippen LogP contribution is 2.34. The van der Waals surface area contributed by atoms with E-state index < -0.39 is 0 Å². The van der Waals surface area contributed by atoms with Gasteiger partial charge in [-0.25, -0.2) is 4.39 Å². The van der Waals surface area contributed by atoms with Crippen LogP contribution in [-0.4, -0.2) is 6.79 Å². The summed E-state index contributed by atoms with van der Waals surface area (Å²) in [4.78, 5) is 0. The molecular formula is C17H15FO2. The predicted octanol–water partition coefficient (Wildman–Crippen LogP) is 4.37. The average Bonchev–Trinajstić information content (AvgIpc) is 2.93. The Morgan fingerprint density at radius 2 is 1.80 bits per heavy atom. The van der Waals surface area contributed by atoms with E-state index in [4.69, 9.17) is 9.47 Å². The molecule has 1 aliphatic rings. The Labute approximate surface area is 117 Å². The van der Waals surface area contributed by atoms with Gasteiger partial charge in [0.2, 0.25) is 6.79 Å². The van der Waals surface area contributed by atoms with Crippen LogP contribution in [0.3, 0.4) is 0 Å². The average molecular weight is 270 g/mol. The van der Waals surface area contributed by atoms with E-state index in [1.54, 1.807) is 12.1 Å². The van der Waals surface area contributed by atoms with Crippen LogP contribution in [-0.2, 0) is 0 Å². The number of allylic oxidation sites excluding steroid dienone is 1. The van der Waals surface area contributed by atoms with E-state index in [0.717, 1.165) is 22.6 Å². The highest BCUT2D eigenvalue weighted by atomic mass is 19.1. The van der Waals surface area contributed by atoms with Gasteiger partial charge in [-0.05, 0) is 41.3 Å². The molecule has 1 atom stereocenters. The van der Waals surface area contributed by atoms with Crippen molar-refractivity contribution in [3.05, 3.63) is 65.5 Å². The Balaban J connectivity index is 1.75. The van der Waals surface area contributed by atoms with Gasteiger partial charge in [0.15, 0.2) is 11.5 Å². The van der Waals surface area contributed by atoms with Crippen LogP contribution in [0.2, 0.25) is 0 Å². The number of fused-ring (bicyclic) bond motifs is 1. The maximum Gasteiger partial charge on any atom is 0.231 e. The van der Waals surface area contributed by atoms with Gasteiger partial charge >= 0.3 is 0 Å². The number of ether oxygens (including phenoxy) is 2. The van der Waals surface area contributed by atoms with Crippen molar-refractivity contribution in [2.75, 3.05) is 6.79 Å². The largest absolute Gasteiger partial charge is 0.454 e. The Kier molecular flexibility index (Phi) is 3.42. The standard InChI is InChI=1S/C17H15FO2/c1-12(2-3-13-4-7-15(18)8-5-13)14-6-9-16-17(10-14)20-11-19-16/h2-10,12H,11H2,1H3/b3-2+. The predicted molar refractivity (Wildman–Crippen MR) is 76.4 cm³/mol. The molecule has 2 nitrogen and oxygen atoms in total. The van der Waals surface area contributed by atoms with Gasteiger partial charge in [-0.1, -0.05) is 37.3 Å². The lowest BCUT2D eigenvalue weighted by Crippen LogP contribution is -1.93. The first-order valence-corrected chi connectivity index (χ1v) is 6.56. The molecule has 0 saturated heterocycles.